The third-order valence-electron chi connectivity index (χ3n) is 3.20. The van der Waals surface area contributed by atoms with Crippen molar-refractivity contribution in [3.63, 3.8) is 0 Å². The van der Waals surface area contributed by atoms with Gasteiger partial charge in [0.05, 0.1) is 0 Å². The van der Waals surface area contributed by atoms with E-state index in [2.05, 4.69) is 0 Å². The van der Waals surface area contributed by atoms with Gasteiger partial charge in [-0.2, -0.15) is 0 Å². The second-order valence-corrected chi connectivity index (χ2v) is 4.80. The number of aliphatic carboxylic acids is 1. The molecule has 1 N–H and O–H groups in total. The summed E-state index contributed by atoms with van der Waals surface area (Å²) in [6.45, 7) is 2.77. The zero-order chi connectivity index (χ0) is 14.5. The van der Waals surface area contributed by atoms with Crippen LogP contribution in [-0.4, -0.2) is 41.6 Å². The minimum Gasteiger partial charge on any atom is -0.480 e. The molecule has 2 amide bonds. The van der Waals surface area contributed by atoms with Gasteiger partial charge < -0.3 is 10.0 Å². The van der Waals surface area contributed by atoms with Gasteiger partial charge in [-0.3, -0.25) is 9.69 Å². The Kier molecular flexibility index (Phi) is 4.40. The van der Waals surface area contributed by atoms with Crippen molar-refractivity contribution in [3.05, 3.63) is 42.0 Å². The quantitative estimate of drug-likeness (QED) is 0.860. The molecule has 1 heterocycles. The highest BCUT2D eigenvalue weighted by Gasteiger charge is 2.24. The lowest BCUT2D eigenvalue weighted by molar-refractivity contribution is -0.135. The molecule has 0 unspecified atom stereocenters. The summed E-state index contributed by atoms with van der Waals surface area (Å²) < 4.78 is 0. The number of hydrogen-bond acceptors (Lipinski definition) is 2. The van der Waals surface area contributed by atoms with Crippen LogP contribution in [0.5, 0.6) is 0 Å². The van der Waals surface area contributed by atoms with Crippen molar-refractivity contribution < 1.29 is 14.7 Å². The maximum absolute atomic E-state index is 12.5. The van der Waals surface area contributed by atoms with E-state index in [1.807, 2.05) is 31.2 Å². The van der Waals surface area contributed by atoms with Crippen LogP contribution in [0.25, 0.3) is 0 Å². The fourth-order valence-corrected chi connectivity index (χ4v) is 2.12. The van der Waals surface area contributed by atoms with Gasteiger partial charge in [0.25, 0.3) is 0 Å². The molecule has 1 aliphatic rings. The fourth-order valence-electron chi connectivity index (χ4n) is 2.12. The first-order valence-electron chi connectivity index (χ1n) is 6.58. The number of carboxylic acids is 1. The highest BCUT2D eigenvalue weighted by molar-refractivity contribution is 5.96. The average molecular weight is 274 g/mol. The second-order valence-electron chi connectivity index (χ2n) is 4.80. The standard InChI is InChI=1S/C15H18N2O3/c1-12-5-7-13(8-6-12)17(11-14(18)19)15(20)16-9-3-2-4-10-16/h2-3,5-8H,4,9-11H2,1H3,(H,18,19). The summed E-state index contributed by atoms with van der Waals surface area (Å²) in [4.78, 5) is 26.4. The van der Waals surface area contributed by atoms with Crippen LogP contribution in [0.15, 0.2) is 36.4 Å². The van der Waals surface area contributed by atoms with Crippen LogP contribution in [0.3, 0.4) is 0 Å². The van der Waals surface area contributed by atoms with E-state index >= 15 is 0 Å². The van der Waals surface area contributed by atoms with E-state index < -0.39 is 5.97 Å². The van der Waals surface area contributed by atoms with Gasteiger partial charge in [-0.05, 0) is 25.5 Å². The van der Waals surface area contributed by atoms with E-state index in [0.29, 0.717) is 18.8 Å². The van der Waals surface area contributed by atoms with Crippen LogP contribution >= 0.6 is 0 Å². The molecule has 20 heavy (non-hydrogen) atoms. The molecule has 0 radical (unpaired) electrons. The summed E-state index contributed by atoms with van der Waals surface area (Å²) in [6.07, 6.45) is 4.76. The Hall–Kier alpha value is -2.30. The van der Waals surface area contributed by atoms with Gasteiger partial charge in [0.2, 0.25) is 0 Å². The molecule has 0 spiro atoms. The Morgan fingerprint density at radius 2 is 1.95 bits per heavy atom. The fraction of sp³-hybridized carbons (Fsp3) is 0.333. The number of hydrogen-bond donors (Lipinski definition) is 1. The number of nitrogens with zero attached hydrogens (tertiary/aromatic N) is 2. The van der Waals surface area contributed by atoms with Crippen molar-refractivity contribution in [1.82, 2.24) is 4.90 Å². The van der Waals surface area contributed by atoms with Gasteiger partial charge in [0, 0.05) is 18.8 Å². The SMILES string of the molecule is Cc1ccc(N(CC(=O)O)C(=O)N2CC=CCC2)cc1. The first-order valence-corrected chi connectivity index (χ1v) is 6.58. The number of aryl methyl sites for hydroxylation is 1. The minimum atomic E-state index is -1.02. The van der Waals surface area contributed by atoms with E-state index in [1.165, 1.54) is 4.90 Å². The maximum atomic E-state index is 12.5. The molecule has 106 valence electrons. The molecule has 1 aromatic carbocycles. The van der Waals surface area contributed by atoms with E-state index in [1.54, 1.807) is 17.0 Å². The summed E-state index contributed by atoms with van der Waals surface area (Å²) in [5, 5.41) is 9.02. The summed E-state index contributed by atoms with van der Waals surface area (Å²) in [7, 11) is 0. The molecule has 2 rings (SSSR count). The topological polar surface area (TPSA) is 60.9 Å². The van der Waals surface area contributed by atoms with Crippen LogP contribution in [0.2, 0.25) is 0 Å². The summed E-state index contributed by atoms with van der Waals surface area (Å²) in [5.41, 5.74) is 1.68. The molecule has 0 fully saturated rings. The van der Waals surface area contributed by atoms with Crippen LogP contribution in [-0.2, 0) is 4.79 Å². The Bertz CT molecular complexity index is 522. The Balaban J connectivity index is 2.22. The lowest BCUT2D eigenvalue weighted by Crippen LogP contribution is -2.46. The van der Waals surface area contributed by atoms with Gasteiger partial charge in [-0.25, -0.2) is 4.79 Å². The highest BCUT2D eigenvalue weighted by Crippen LogP contribution is 2.18. The van der Waals surface area contributed by atoms with Crippen molar-refractivity contribution >= 4 is 17.7 Å². The van der Waals surface area contributed by atoms with E-state index in [-0.39, 0.29) is 12.6 Å². The molecule has 0 atom stereocenters. The van der Waals surface area contributed by atoms with Crippen molar-refractivity contribution in [1.29, 1.82) is 0 Å². The molecule has 1 aliphatic heterocycles. The van der Waals surface area contributed by atoms with Gasteiger partial charge in [-0.15, -0.1) is 0 Å². The van der Waals surface area contributed by atoms with E-state index in [4.69, 9.17) is 5.11 Å². The van der Waals surface area contributed by atoms with E-state index in [9.17, 15) is 9.59 Å². The Morgan fingerprint density at radius 3 is 2.50 bits per heavy atom. The summed E-state index contributed by atoms with van der Waals surface area (Å²) in [5.74, 6) is -1.02. The number of amides is 2. The smallest absolute Gasteiger partial charge is 0.325 e. The summed E-state index contributed by atoms with van der Waals surface area (Å²) in [6, 6.07) is 7.02. The molecule has 5 heteroatoms. The molecular weight excluding hydrogens is 256 g/mol. The Morgan fingerprint density at radius 1 is 1.25 bits per heavy atom. The molecule has 0 saturated heterocycles. The van der Waals surface area contributed by atoms with Gasteiger partial charge in [0.15, 0.2) is 0 Å². The molecule has 0 aliphatic carbocycles. The number of carbonyl (C=O) groups excluding carboxylic acids is 1. The first-order chi connectivity index (χ1) is 9.58. The lowest BCUT2D eigenvalue weighted by Gasteiger charge is -2.30. The Labute approximate surface area is 118 Å². The third kappa shape index (κ3) is 3.38. The average Bonchev–Trinajstić information content (AvgIpc) is 2.46. The van der Waals surface area contributed by atoms with Crippen molar-refractivity contribution in [2.24, 2.45) is 0 Å². The highest BCUT2D eigenvalue weighted by atomic mass is 16.4. The predicted molar refractivity (Wildman–Crippen MR) is 76.9 cm³/mol. The monoisotopic (exact) mass is 274 g/mol. The van der Waals surface area contributed by atoms with Gasteiger partial charge in [0.1, 0.15) is 6.54 Å². The number of benzene rings is 1. The number of carbonyl (C=O) groups is 2. The van der Waals surface area contributed by atoms with Crippen molar-refractivity contribution in [2.45, 2.75) is 13.3 Å². The number of carboxylic acid groups (broad SMARTS) is 1. The molecule has 5 nitrogen and oxygen atoms in total. The zero-order valence-corrected chi connectivity index (χ0v) is 11.5. The first kappa shape index (κ1) is 14.1. The second kappa shape index (κ2) is 6.23. The largest absolute Gasteiger partial charge is 0.480 e. The summed E-state index contributed by atoms with van der Waals surface area (Å²) >= 11 is 0. The van der Waals surface area contributed by atoms with Crippen LogP contribution in [0.1, 0.15) is 12.0 Å². The zero-order valence-electron chi connectivity index (χ0n) is 11.5. The van der Waals surface area contributed by atoms with Crippen molar-refractivity contribution in [2.75, 3.05) is 24.5 Å². The van der Waals surface area contributed by atoms with E-state index in [0.717, 1.165) is 12.0 Å². The predicted octanol–water partition coefficient (Wildman–Crippen LogP) is 2.27. The van der Waals surface area contributed by atoms with Crippen LogP contribution < -0.4 is 4.90 Å². The molecule has 0 saturated carbocycles. The molecule has 1 aromatic rings. The van der Waals surface area contributed by atoms with Crippen molar-refractivity contribution in [3.8, 4) is 0 Å². The normalized spacial score (nSPS) is 14.2. The maximum Gasteiger partial charge on any atom is 0.325 e. The van der Waals surface area contributed by atoms with Crippen LogP contribution in [0.4, 0.5) is 10.5 Å². The number of urea groups is 1. The molecule has 0 bridgehead atoms. The lowest BCUT2D eigenvalue weighted by atomic mass is 10.2. The van der Waals surface area contributed by atoms with Gasteiger partial charge in [-0.1, -0.05) is 29.8 Å². The number of anilines is 1. The number of rotatable bonds is 3. The minimum absolute atomic E-state index is 0.263. The third-order valence-corrected chi connectivity index (χ3v) is 3.20. The molecule has 0 aromatic heterocycles. The van der Waals surface area contributed by atoms with Gasteiger partial charge >= 0.3 is 12.0 Å². The molecular formula is C15H18N2O3. The van der Waals surface area contributed by atoms with Crippen LogP contribution in [0, 0.1) is 6.92 Å².